The average molecular weight is 314 g/mol. The molecule has 0 spiro atoms. The number of nitrogens with one attached hydrogen (secondary N) is 1. The van der Waals surface area contributed by atoms with Gasteiger partial charge >= 0.3 is 0 Å². The van der Waals surface area contributed by atoms with Gasteiger partial charge in [-0.3, -0.25) is 9.48 Å². The van der Waals surface area contributed by atoms with Crippen molar-refractivity contribution in [3.63, 3.8) is 0 Å². The Kier molecular flexibility index (Phi) is 4.71. The van der Waals surface area contributed by atoms with E-state index >= 15 is 0 Å². The van der Waals surface area contributed by atoms with Crippen molar-refractivity contribution in [3.05, 3.63) is 36.2 Å². The molecule has 1 heterocycles. The molecule has 2 atom stereocenters. The molecular formula is C17H22N4O2. The van der Waals surface area contributed by atoms with Crippen LogP contribution in [0.5, 0.6) is 0 Å². The number of aromatic nitrogens is 3. The lowest BCUT2D eigenvalue weighted by Crippen LogP contribution is -2.43. The molecule has 3 rings (SSSR count). The van der Waals surface area contributed by atoms with Crippen LogP contribution in [0.4, 0.5) is 0 Å². The summed E-state index contributed by atoms with van der Waals surface area (Å²) in [5, 5.41) is 16.8. The van der Waals surface area contributed by atoms with Crippen molar-refractivity contribution in [2.75, 3.05) is 6.61 Å². The minimum atomic E-state index is -0.0871. The molecule has 0 saturated heterocycles. The number of aryl methyl sites for hydroxylation is 1. The van der Waals surface area contributed by atoms with Crippen LogP contribution in [0.2, 0.25) is 0 Å². The zero-order valence-electron chi connectivity index (χ0n) is 13.3. The quantitative estimate of drug-likeness (QED) is 0.901. The highest BCUT2D eigenvalue weighted by atomic mass is 16.3. The average Bonchev–Trinajstić information content (AvgIpc) is 3.02. The minimum absolute atomic E-state index is 0.0679. The van der Waals surface area contributed by atoms with Crippen molar-refractivity contribution in [2.45, 2.75) is 31.7 Å². The number of carbonyl (C=O) groups excluding carboxylic acids is 1. The van der Waals surface area contributed by atoms with Gasteiger partial charge in [0.25, 0.3) is 5.91 Å². The molecule has 1 aromatic carbocycles. The molecule has 6 heteroatoms. The summed E-state index contributed by atoms with van der Waals surface area (Å²) in [7, 11) is 1.82. The molecule has 2 unspecified atom stereocenters. The standard InChI is InChI=1S/C17H22N4O2/c1-21-11-18-16(20-21)12-6-8-13(9-7-12)17(23)19-15-5-3-2-4-14(15)10-22/h6-9,11,14-15,22H,2-5,10H2,1H3,(H,19,23). The Bertz CT molecular complexity index is 665. The normalized spacial score (nSPS) is 21.1. The first-order valence-electron chi connectivity index (χ1n) is 8.05. The van der Waals surface area contributed by atoms with Crippen molar-refractivity contribution in [3.8, 4) is 11.4 Å². The summed E-state index contributed by atoms with van der Waals surface area (Å²) < 4.78 is 1.65. The number of hydrogen-bond donors (Lipinski definition) is 2. The molecule has 122 valence electrons. The fourth-order valence-corrected chi connectivity index (χ4v) is 3.11. The van der Waals surface area contributed by atoms with E-state index in [0.29, 0.717) is 11.4 Å². The Balaban J connectivity index is 1.68. The third kappa shape index (κ3) is 3.59. The Hall–Kier alpha value is -2.21. The van der Waals surface area contributed by atoms with E-state index in [1.165, 1.54) is 0 Å². The van der Waals surface area contributed by atoms with Gasteiger partial charge in [0.1, 0.15) is 6.33 Å². The smallest absolute Gasteiger partial charge is 0.251 e. The van der Waals surface area contributed by atoms with Crippen molar-refractivity contribution in [2.24, 2.45) is 13.0 Å². The van der Waals surface area contributed by atoms with Crippen LogP contribution in [0.25, 0.3) is 11.4 Å². The van der Waals surface area contributed by atoms with Gasteiger partial charge in [0.15, 0.2) is 5.82 Å². The Morgan fingerprint density at radius 1 is 1.30 bits per heavy atom. The van der Waals surface area contributed by atoms with E-state index in [4.69, 9.17) is 0 Å². The van der Waals surface area contributed by atoms with Crippen LogP contribution >= 0.6 is 0 Å². The molecule has 23 heavy (non-hydrogen) atoms. The van der Waals surface area contributed by atoms with Gasteiger partial charge in [-0.05, 0) is 25.0 Å². The monoisotopic (exact) mass is 314 g/mol. The van der Waals surface area contributed by atoms with E-state index in [1.54, 1.807) is 23.1 Å². The number of hydrogen-bond acceptors (Lipinski definition) is 4. The molecule has 6 nitrogen and oxygen atoms in total. The Morgan fingerprint density at radius 2 is 2.04 bits per heavy atom. The lowest BCUT2D eigenvalue weighted by molar-refractivity contribution is 0.0872. The molecule has 0 aliphatic heterocycles. The second-order valence-electron chi connectivity index (χ2n) is 6.13. The van der Waals surface area contributed by atoms with Crippen LogP contribution < -0.4 is 5.32 Å². The molecule has 1 saturated carbocycles. The Labute approximate surface area is 135 Å². The number of nitrogens with zero attached hydrogens (tertiary/aromatic N) is 3. The van der Waals surface area contributed by atoms with Crippen molar-refractivity contribution in [1.82, 2.24) is 20.1 Å². The van der Waals surface area contributed by atoms with E-state index < -0.39 is 0 Å². The van der Waals surface area contributed by atoms with Gasteiger partial charge < -0.3 is 10.4 Å². The summed E-state index contributed by atoms with van der Waals surface area (Å²) in [6.07, 6.45) is 5.79. The van der Waals surface area contributed by atoms with E-state index in [-0.39, 0.29) is 24.5 Å². The fraction of sp³-hybridized carbons (Fsp3) is 0.471. The SMILES string of the molecule is Cn1cnc(-c2ccc(C(=O)NC3CCCCC3CO)cc2)n1. The third-order valence-electron chi connectivity index (χ3n) is 4.46. The van der Waals surface area contributed by atoms with E-state index in [9.17, 15) is 9.90 Å². The summed E-state index contributed by atoms with van der Waals surface area (Å²) in [4.78, 5) is 16.6. The highest BCUT2D eigenvalue weighted by Gasteiger charge is 2.26. The van der Waals surface area contributed by atoms with Crippen LogP contribution in [0, 0.1) is 5.92 Å². The van der Waals surface area contributed by atoms with Crippen LogP contribution in [0.3, 0.4) is 0 Å². The summed E-state index contributed by atoms with van der Waals surface area (Å²) in [6, 6.07) is 7.36. The number of amides is 1. The van der Waals surface area contributed by atoms with E-state index in [2.05, 4.69) is 15.4 Å². The molecule has 1 aromatic heterocycles. The Morgan fingerprint density at radius 3 is 2.70 bits per heavy atom. The highest BCUT2D eigenvalue weighted by Crippen LogP contribution is 2.24. The number of aliphatic hydroxyl groups is 1. The van der Waals surface area contributed by atoms with E-state index in [1.807, 2.05) is 19.2 Å². The summed E-state index contributed by atoms with van der Waals surface area (Å²) in [5.74, 6) is 0.729. The zero-order valence-corrected chi connectivity index (χ0v) is 13.3. The van der Waals surface area contributed by atoms with Crippen LogP contribution in [0.15, 0.2) is 30.6 Å². The first kappa shape index (κ1) is 15.7. The first-order chi connectivity index (χ1) is 11.2. The predicted molar refractivity (Wildman–Crippen MR) is 86.7 cm³/mol. The molecule has 2 N–H and O–H groups in total. The summed E-state index contributed by atoms with van der Waals surface area (Å²) in [6.45, 7) is 0.134. The molecule has 1 amide bonds. The van der Waals surface area contributed by atoms with Gasteiger partial charge in [-0.1, -0.05) is 25.0 Å². The third-order valence-corrected chi connectivity index (χ3v) is 4.46. The predicted octanol–water partition coefficient (Wildman–Crippen LogP) is 1.76. The summed E-state index contributed by atoms with van der Waals surface area (Å²) in [5.41, 5.74) is 1.50. The van der Waals surface area contributed by atoms with Gasteiger partial charge in [-0.15, -0.1) is 0 Å². The largest absolute Gasteiger partial charge is 0.396 e. The maximum absolute atomic E-state index is 12.4. The lowest BCUT2D eigenvalue weighted by atomic mass is 9.85. The number of carbonyl (C=O) groups is 1. The van der Waals surface area contributed by atoms with Gasteiger partial charge in [-0.25, -0.2) is 4.98 Å². The van der Waals surface area contributed by atoms with Crippen LogP contribution in [-0.2, 0) is 7.05 Å². The highest BCUT2D eigenvalue weighted by molar-refractivity contribution is 5.94. The molecule has 1 fully saturated rings. The van der Waals surface area contributed by atoms with Crippen molar-refractivity contribution >= 4 is 5.91 Å². The molecule has 0 radical (unpaired) electrons. The molecule has 1 aliphatic carbocycles. The molecule has 1 aliphatic rings. The van der Waals surface area contributed by atoms with Gasteiger partial charge in [-0.2, -0.15) is 5.10 Å². The van der Waals surface area contributed by atoms with E-state index in [0.717, 1.165) is 31.2 Å². The second kappa shape index (κ2) is 6.91. The van der Waals surface area contributed by atoms with Crippen LogP contribution in [0.1, 0.15) is 36.0 Å². The number of aliphatic hydroxyl groups excluding tert-OH is 1. The molecule has 0 bridgehead atoms. The van der Waals surface area contributed by atoms with Crippen molar-refractivity contribution in [1.29, 1.82) is 0 Å². The zero-order chi connectivity index (χ0) is 16.2. The maximum Gasteiger partial charge on any atom is 0.251 e. The topological polar surface area (TPSA) is 80.0 Å². The lowest BCUT2D eigenvalue weighted by Gasteiger charge is -2.30. The van der Waals surface area contributed by atoms with Gasteiger partial charge in [0.05, 0.1) is 0 Å². The molecule has 2 aromatic rings. The van der Waals surface area contributed by atoms with Gasteiger partial charge in [0.2, 0.25) is 0 Å². The van der Waals surface area contributed by atoms with Crippen LogP contribution in [-0.4, -0.2) is 38.4 Å². The number of benzene rings is 1. The fourth-order valence-electron chi connectivity index (χ4n) is 3.11. The van der Waals surface area contributed by atoms with Gasteiger partial charge in [0, 0.05) is 36.7 Å². The van der Waals surface area contributed by atoms with Crippen molar-refractivity contribution < 1.29 is 9.90 Å². The first-order valence-corrected chi connectivity index (χ1v) is 8.05. The number of rotatable bonds is 4. The maximum atomic E-state index is 12.4. The summed E-state index contributed by atoms with van der Waals surface area (Å²) >= 11 is 0. The molecular weight excluding hydrogens is 292 g/mol. The second-order valence-corrected chi connectivity index (χ2v) is 6.13. The minimum Gasteiger partial charge on any atom is -0.396 e.